The van der Waals surface area contributed by atoms with Crippen LogP contribution in [-0.2, 0) is 9.59 Å². The number of nitrogens with two attached hydrogens (primary N) is 1. The molecule has 7 nitrogen and oxygen atoms in total. The highest BCUT2D eigenvalue weighted by Crippen LogP contribution is 2.30. The molecule has 2 rings (SSSR count). The molecule has 1 aromatic rings. The van der Waals surface area contributed by atoms with Crippen molar-refractivity contribution in [1.29, 1.82) is 0 Å². The molecule has 0 aliphatic carbocycles. The second kappa shape index (κ2) is 7.53. The van der Waals surface area contributed by atoms with Crippen molar-refractivity contribution >= 4 is 17.5 Å². The summed E-state index contributed by atoms with van der Waals surface area (Å²) in [6, 6.07) is 5.16. The second-order valence-electron chi connectivity index (χ2n) is 6.13. The molecule has 0 radical (unpaired) electrons. The minimum atomic E-state index is -0.771. The Balaban J connectivity index is 2.06. The second-order valence-corrected chi connectivity index (χ2v) is 6.13. The summed E-state index contributed by atoms with van der Waals surface area (Å²) in [5, 5.41) is 2.82. The van der Waals surface area contributed by atoms with Gasteiger partial charge in [-0.25, -0.2) is 0 Å². The number of anilines is 1. The summed E-state index contributed by atoms with van der Waals surface area (Å²) in [6.45, 7) is 2.60. The molecule has 0 spiro atoms. The predicted octanol–water partition coefficient (Wildman–Crippen LogP) is 1.37. The third-order valence-electron chi connectivity index (χ3n) is 4.57. The van der Waals surface area contributed by atoms with Crippen LogP contribution in [0.1, 0.15) is 26.2 Å². The van der Waals surface area contributed by atoms with Crippen molar-refractivity contribution in [2.45, 2.75) is 31.7 Å². The Morgan fingerprint density at radius 3 is 2.58 bits per heavy atom. The predicted molar refractivity (Wildman–Crippen MR) is 91.2 cm³/mol. The van der Waals surface area contributed by atoms with Gasteiger partial charge in [0.2, 0.25) is 11.8 Å². The van der Waals surface area contributed by atoms with Crippen LogP contribution in [0.2, 0.25) is 0 Å². The maximum absolute atomic E-state index is 12.4. The maximum atomic E-state index is 12.4. The lowest BCUT2D eigenvalue weighted by molar-refractivity contribution is -0.133. The zero-order valence-corrected chi connectivity index (χ0v) is 14.4. The van der Waals surface area contributed by atoms with E-state index >= 15 is 0 Å². The molecule has 1 fully saturated rings. The standard InChI is InChI=1S/C17H25N3O4/c1-17(16(18)22)8-4-5-9-20(17)11-15(21)19-12-6-7-13(23-2)14(10-12)24-3/h6-7,10H,4-5,8-9,11H2,1-3H3,(H2,18,22)(H,19,21). The fraction of sp³-hybridized carbons (Fsp3) is 0.529. The molecule has 132 valence electrons. The summed E-state index contributed by atoms with van der Waals surface area (Å²) >= 11 is 0. The average Bonchev–Trinajstić information content (AvgIpc) is 2.56. The molecule has 1 aliphatic rings. The first kappa shape index (κ1) is 18.1. The first-order valence-electron chi connectivity index (χ1n) is 7.97. The van der Waals surface area contributed by atoms with E-state index in [1.54, 1.807) is 32.2 Å². The number of amides is 2. The van der Waals surface area contributed by atoms with Crippen LogP contribution in [0.4, 0.5) is 5.69 Å². The highest BCUT2D eigenvalue weighted by atomic mass is 16.5. The molecule has 1 saturated heterocycles. The van der Waals surface area contributed by atoms with Crippen LogP contribution < -0.4 is 20.5 Å². The van der Waals surface area contributed by atoms with Gasteiger partial charge in [0.15, 0.2) is 11.5 Å². The maximum Gasteiger partial charge on any atom is 0.238 e. The van der Waals surface area contributed by atoms with Crippen LogP contribution in [0.3, 0.4) is 0 Å². The van der Waals surface area contributed by atoms with E-state index in [2.05, 4.69) is 5.32 Å². The molecule has 0 bridgehead atoms. The van der Waals surface area contributed by atoms with E-state index in [1.165, 1.54) is 7.11 Å². The number of likely N-dealkylation sites (tertiary alicyclic amines) is 1. The largest absolute Gasteiger partial charge is 0.493 e. The average molecular weight is 335 g/mol. The van der Waals surface area contributed by atoms with Crippen LogP contribution in [0.25, 0.3) is 0 Å². The normalized spacial score (nSPS) is 21.1. The minimum absolute atomic E-state index is 0.119. The van der Waals surface area contributed by atoms with E-state index in [1.807, 2.05) is 4.90 Å². The van der Waals surface area contributed by atoms with E-state index in [4.69, 9.17) is 15.2 Å². The van der Waals surface area contributed by atoms with Crippen molar-refractivity contribution in [2.24, 2.45) is 5.73 Å². The van der Waals surface area contributed by atoms with Crippen LogP contribution in [0.5, 0.6) is 11.5 Å². The number of hydrogen-bond acceptors (Lipinski definition) is 5. The molecule has 0 aromatic heterocycles. The van der Waals surface area contributed by atoms with E-state index < -0.39 is 5.54 Å². The zero-order chi connectivity index (χ0) is 17.7. The molecule has 1 aromatic carbocycles. The quantitative estimate of drug-likeness (QED) is 0.819. The van der Waals surface area contributed by atoms with Crippen molar-refractivity contribution in [3.63, 3.8) is 0 Å². The SMILES string of the molecule is COc1ccc(NC(=O)CN2CCCCC2(C)C(N)=O)cc1OC. The third-order valence-corrected chi connectivity index (χ3v) is 4.57. The van der Waals surface area contributed by atoms with Crippen molar-refractivity contribution in [1.82, 2.24) is 4.90 Å². The molecule has 1 unspecified atom stereocenters. The van der Waals surface area contributed by atoms with Gasteiger partial charge >= 0.3 is 0 Å². The number of ether oxygens (including phenoxy) is 2. The third kappa shape index (κ3) is 3.79. The highest BCUT2D eigenvalue weighted by Gasteiger charge is 2.40. The van der Waals surface area contributed by atoms with Crippen molar-refractivity contribution in [2.75, 3.05) is 32.6 Å². The Morgan fingerprint density at radius 1 is 1.25 bits per heavy atom. The summed E-state index contributed by atoms with van der Waals surface area (Å²) in [4.78, 5) is 26.0. The number of carbonyl (C=O) groups is 2. The number of carbonyl (C=O) groups excluding carboxylic acids is 2. The molecule has 0 saturated carbocycles. The molecule has 1 aliphatic heterocycles. The molecule has 3 N–H and O–H groups in total. The van der Waals surface area contributed by atoms with Crippen molar-refractivity contribution in [3.05, 3.63) is 18.2 Å². The van der Waals surface area contributed by atoms with Gasteiger partial charge in [0.1, 0.15) is 0 Å². The Morgan fingerprint density at radius 2 is 1.96 bits per heavy atom. The van der Waals surface area contributed by atoms with E-state index in [0.717, 1.165) is 12.8 Å². The number of nitrogens with zero attached hydrogens (tertiary/aromatic N) is 1. The lowest BCUT2D eigenvalue weighted by Gasteiger charge is -2.42. The Bertz CT molecular complexity index is 620. The lowest BCUT2D eigenvalue weighted by Crippen LogP contribution is -2.59. The minimum Gasteiger partial charge on any atom is -0.493 e. The monoisotopic (exact) mass is 335 g/mol. The molecule has 2 amide bonds. The summed E-state index contributed by atoms with van der Waals surface area (Å²) in [7, 11) is 3.09. The summed E-state index contributed by atoms with van der Waals surface area (Å²) in [5.74, 6) is 0.542. The molecule has 7 heteroatoms. The van der Waals surface area contributed by atoms with Gasteiger partial charge in [-0.1, -0.05) is 0 Å². The van der Waals surface area contributed by atoms with Gasteiger partial charge in [-0.15, -0.1) is 0 Å². The highest BCUT2D eigenvalue weighted by molar-refractivity contribution is 5.93. The van der Waals surface area contributed by atoms with E-state index in [-0.39, 0.29) is 18.4 Å². The summed E-state index contributed by atoms with van der Waals surface area (Å²) in [6.07, 6.45) is 2.56. The van der Waals surface area contributed by atoms with Crippen molar-refractivity contribution < 1.29 is 19.1 Å². The van der Waals surface area contributed by atoms with Gasteiger partial charge in [0.25, 0.3) is 0 Å². The zero-order valence-electron chi connectivity index (χ0n) is 14.4. The molecular weight excluding hydrogens is 310 g/mol. The van der Waals surface area contributed by atoms with Crippen LogP contribution >= 0.6 is 0 Å². The number of nitrogens with one attached hydrogen (secondary N) is 1. The first-order valence-corrected chi connectivity index (χ1v) is 7.97. The summed E-state index contributed by atoms with van der Waals surface area (Å²) < 4.78 is 10.4. The Kier molecular flexibility index (Phi) is 5.66. The fourth-order valence-corrected chi connectivity index (χ4v) is 3.00. The van der Waals surface area contributed by atoms with Crippen molar-refractivity contribution in [3.8, 4) is 11.5 Å². The number of rotatable bonds is 6. The van der Waals surface area contributed by atoms with Gasteiger partial charge in [-0.2, -0.15) is 0 Å². The molecular formula is C17H25N3O4. The van der Waals surface area contributed by atoms with Gasteiger partial charge in [-0.3, -0.25) is 14.5 Å². The van der Waals surface area contributed by atoms with Crippen LogP contribution in [0.15, 0.2) is 18.2 Å². The fourth-order valence-electron chi connectivity index (χ4n) is 3.00. The number of methoxy groups -OCH3 is 2. The lowest BCUT2D eigenvalue weighted by atomic mass is 9.87. The van der Waals surface area contributed by atoms with E-state index in [9.17, 15) is 9.59 Å². The first-order chi connectivity index (χ1) is 11.4. The van der Waals surface area contributed by atoms with E-state index in [0.29, 0.717) is 30.2 Å². The van der Waals surface area contributed by atoms with Gasteiger partial charge < -0.3 is 20.5 Å². The Hall–Kier alpha value is -2.28. The smallest absolute Gasteiger partial charge is 0.238 e. The molecule has 1 heterocycles. The Labute approximate surface area is 142 Å². The molecule has 24 heavy (non-hydrogen) atoms. The van der Waals surface area contributed by atoms with Gasteiger partial charge in [0, 0.05) is 11.8 Å². The molecule has 1 atom stereocenters. The number of piperidine rings is 1. The topological polar surface area (TPSA) is 93.9 Å². The number of hydrogen-bond donors (Lipinski definition) is 2. The number of primary amides is 1. The van der Waals surface area contributed by atoms with Gasteiger partial charge in [0.05, 0.1) is 26.3 Å². The van der Waals surface area contributed by atoms with Gasteiger partial charge in [-0.05, 0) is 44.9 Å². The number of benzene rings is 1. The summed E-state index contributed by atoms with van der Waals surface area (Å²) in [5.41, 5.74) is 5.38. The van der Waals surface area contributed by atoms with Crippen LogP contribution in [-0.4, -0.2) is 49.6 Å². The van der Waals surface area contributed by atoms with Crippen LogP contribution in [0, 0.1) is 0 Å².